The van der Waals surface area contributed by atoms with Crippen molar-refractivity contribution in [3.8, 4) is 0 Å². The van der Waals surface area contributed by atoms with Crippen molar-refractivity contribution in [2.45, 2.75) is 89.6 Å². The molecule has 0 amide bonds. The molecule has 0 aromatic carbocycles. The maximum atomic E-state index is 11.0. The second kappa shape index (κ2) is 6.75. The van der Waals surface area contributed by atoms with Gasteiger partial charge in [-0.05, 0) is 62.9 Å². The summed E-state index contributed by atoms with van der Waals surface area (Å²) in [4.78, 5) is 0. The lowest BCUT2D eigenvalue weighted by Crippen LogP contribution is -2.31. The average Bonchev–Trinajstić information content (AvgIpc) is 2.51. The Kier molecular flexibility index (Phi) is 5.29. The highest BCUT2D eigenvalue weighted by Gasteiger charge is 2.33. The van der Waals surface area contributed by atoms with Crippen LogP contribution in [0, 0.1) is 5.92 Å². The van der Waals surface area contributed by atoms with Crippen LogP contribution in [-0.4, -0.2) is 10.7 Å². The fourth-order valence-electron chi connectivity index (χ4n) is 3.74. The van der Waals surface area contributed by atoms with E-state index in [-0.39, 0.29) is 0 Å². The molecule has 2 aliphatic rings. The van der Waals surface area contributed by atoms with Gasteiger partial charge in [-0.2, -0.15) is 0 Å². The first kappa shape index (κ1) is 14.1. The summed E-state index contributed by atoms with van der Waals surface area (Å²) in [7, 11) is 0. The van der Waals surface area contributed by atoms with Gasteiger partial charge in [0.2, 0.25) is 0 Å². The molecule has 1 heteroatoms. The number of allylic oxidation sites excluding steroid dienone is 1. The van der Waals surface area contributed by atoms with E-state index in [4.69, 9.17) is 0 Å². The van der Waals surface area contributed by atoms with Gasteiger partial charge in [-0.1, -0.05) is 38.7 Å². The van der Waals surface area contributed by atoms with E-state index in [1.165, 1.54) is 63.4 Å². The maximum absolute atomic E-state index is 11.0. The summed E-state index contributed by atoms with van der Waals surface area (Å²) in [5.41, 5.74) is 0.945. The van der Waals surface area contributed by atoms with Crippen molar-refractivity contribution in [1.82, 2.24) is 0 Å². The average molecular weight is 250 g/mol. The van der Waals surface area contributed by atoms with Crippen LogP contribution in [0.15, 0.2) is 11.6 Å². The Balaban J connectivity index is 2.03. The van der Waals surface area contributed by atoms with Crippen molar-refractivity contribution in [3.05, 3.63) is 11.6 Å². The first-order valence-corrected chi connectivity index (χ1v) is 8.16. The summed E-state index contributed by atoms with van der Waals surface area (Å²) in [6.45, 7) is 2.30. The maximum Gasteiger partial charge on any atom is 0.0856 e. The molecule has 0 heterocycles. The van der Waals surface area contributed by atoms with Crippen LogP contribution in [0.1, 0.15) is 84.0 Å². The highest BCUT2D eigenvalue weighted by Crippen LogP contribution is 2.39. The number of aliphatic hydroxyl groups is 1. The summed E-state index contributed by atoms with van der Waals surface area (Å²) in [5, 5.41) is 11.0. The zero-order valence-corrected chi connectivity index (χ0v) is 12.1. The van der Waals surface area contributed by atoms with Crippen LogP contribution >= 0.6 is 0 Å². The summed E-state index contributed by atoms with van der Waals surface area (Å²) >= 11 is 0. The monoisotopic (exact) mass is 250 g/mol. The first-order valence-electron chi connectivity index (χ1n) is 8.16. The Morgan fingerprint density at radius 2 is 1.94 bits per heavy atom. The van der Waals surface area contributed by atoms with Crippen molar-refractivity contribution >= 4 is 0 Å². The van der Waals surface area contributed by atoms with Gasteiger partial charge in [0.1, 0.15) is 0 Å². The van der Waals surface area contributed by atoms with Crippen LogP contribution in [0.3, 0.4) is 0 Å². The van der Waals surface area contributed by atoms with Gasteiger partial charge in [0.05, 0.1) is 5.60 Å². The highest BCUT2D eigenvalue weighted by atomic mass is 16.3. The van der Waals surface area contributed by atoms with Gasteiger partial charge >= 0.3 is 0 Å². The third-order valence-electron chi connectivity index (χ3n) is 5.13. The van der Waals surface area contributed by atoms with Gasteiger partial charge in [0.25, 0.3) is 0 Å². The van der Waals surface area contributed by atoms with E-state index < -0.39 is 5.60 Å². The quantitative estimate of drug-likeness (QED) is 0.541. The Bertz CT molecular complexity index is 281. The first-order chi connectivity index (χ1) is 8.74. The summed E-state index contributed by atoms with van der Waals surface area (Å²) in [5.74, 6) is 0.855. The van der Waals surface area contributed by atoms with E-state index >= 15 is 0 Å². The van der Waals surface area contributed by atoms with E-state index in [2.05, 4.69) is 13.0 Å². The molecule has 1 saturated carbocycles. The zero-order chi connectivity index (χ0) is 12.8. The molecule has 0 radical (unpaired) electrons. The van der Waals surface area contributed by atoms with Crippen molar-refractivity contribution in [3.63, 3.8) is 0 Å². The van der Waals surface area contributed by atoms with Gasteiger partial charge in [-0.15, -0.1) is 0 Å². The Morgan fingerprint density at radius 3 is 2.78 bits per heavy atom. The smallest absolute Gasteiger partial charge is 0.0856 e. The molecule has 1 fully saturated rings. The number of hydrogen-bond acceptors (Lipinski definition) is 1. The lowest BCUT2D eigenvalue weighted by molar-refractivity contribution is 0.0565. The predicted molar refractivity (Wildman–Crippen MR) is 77.6 cm³/mol. The lowest BCUT2D eigenvalue weighted by Gasteiger charge is -2.31. The SMILES string of the molecule is CCC1CCCC(O)(C2=CCCCCCC2)CC1. The van der Waals surface area contributed by atoms with Crippen molar-refractivity contribution in [1.29, 1.82) is 0 Å². The van der Waals surface area contributed by atoms with Crippen molar-refractivity contribution in [2.24, 2.45) is 5.92 Å². The minimum Gasteiger partial charge on any atom is -0.386 e. The minimum atomic E-state index is -0.443. The van der Waals surface area contributed by atoms with Crippen LogP contribution in [0.2, 0.25) is 0 Å². The fourth-order valence-corrected chi connectivity index (χ4v) is 3.74. The van der Waals surface area contributed by atoms with Crippen LogP contribution in [-0.2, 0) is 0 Å². The van der Waals surface area contributed by atoms with Crippen LogP contribution in [0.5, 0.6) is 0 Å². The van der Waals surface area contributed by atoms with Crippen molar-refractivity contribution in [2.75, 3.05) is 0 Å². The summed E-state index contributed by atoms with van der Waals surface area (Å²) < 4.78 is 0. The van der Waals surface area contributed by atoms with Crippen LogP contribution in [0.4, 0.5) is 0 Å². The minimum absolute atomic E-state index is 0.443. The molecule has 2 rings (SSSR count). The Labute approximate surface area is 113 Å². The zero-order valence-electron chi connectivity index (χ0n) is 12.1. The second-order valence-corrected chi connectivity index (χ2v) is 6.42. The molecular weight excluding hydrogens is 220 g/mol. The van der Waals surface area contributed by atoms with E-state index in [0.29, 0.717) is 0 Å². The molecule has 0 aromatic rings. The molecule has 0 aromatic heterocycles. The highest BCUT2D eigenvalue weighted by molar-refractivity contribution is 5.18. The van der Waals surface area contributed by atoms with Crippen LogP contribution in [0.25, 0.3) is 0 Å². The normalized spacial score (nSPS) is 35.2. The lowest BCUT2D eigenvalue weighted by atomic mass is 9.81. The number of hydrogen-bond donors (Lipinski definition) is 1. The molecule has 0 saturated heterocycles. The molecule has 18 heavy (non-hydrogen) atoms. The van der Waals surface area contributed by atoms with Gasteiger partial charge < -0.3 is 5.11 Å². The molecule has 104 valence electrons. The summed E-state index contributed by atoms with van der Waals surface area (Å²) in [6.07, 6.45) is 17.1. The van der Waals surface area contributed by atoms with E-state index in [1.54, 1.807) is 0 Å². The third kappa shape index (κ3) is 3.60. The Morgan fingerprint density at radius 1 is 1.11 bits per heavy atom. The van der Waals surface area contributed by atoms with Crippen LogP contribution < -0.4 is 0 Å². The van der Waals surface area contributed by atoms with E-state index in [9.17, 15) is 5.11 Å². The molecule has 0 aliphatic heterocycles. The number of rotatable bonds is 2. The van der Waals surface area contributed by atoms with Gasteiger partial charge in [0, 0.05) is 0 Å². The predicted octanol–water partition coefficient (Wildman–Crippen LogP) is 4.99. The molecule has 1 nitrogen and oxygen atoms in total. The standard InChI is InChI=1S/C17H30O/c1-2-15-9-8-13-17(18,14-12-15)16-10-6-4-3-5-7-11-16/h10,15,18H,2-9,11-14H2,1H3. The molecule has 1 N–H and O–H groups in total. The third-order valence-corrected chi connectivity index (χ3v) is 5.13. The van der Waals surface area contributed by atoms with Gasteiger partial charge in [0.15, 0.2) is 0 Å². The molecular formula is C17H30O. The molecule has 0 bridgehead atoms. The van der Waals surface area contributed by atoms with E-state index in [1.807, 2.05) is 0 Å². The fraction of sp³-hybridized carbons (Fsp3) is 0.882. The summed E-state index contributed by atoms with van der Waals surface area (Å²) in [6, 6.07) is 0. The molecule has 2 aliphatic carbocycles. The Hall–Kier alpha value is -0.300. The molecule has 2 unspecified atom stereocenters. The van der Waals surface area contributed by atoms with Crippen molar-refractivity contribution < 1.29 is 5.11 Å². The van der Waals surface area contributed by atoms with E-state index in [0.717, 1.165) is 25.2 Å². The second-order valence-electron chi connectivity index (χ2n) is 6.42. The van der Waals surface area contributed by atoms with Gasteiger partial charge in [-0.3, -0.25) is 0 Å². The van der Waals surface area contributed by atoms with Gasteiger partial charge in [-0.25, -0.2) is 0 Å². The topological polar surface area (TPSA) is 20.2 Å². The largest absolute Gasteiger partial charge is 0.386 e. The molecule has 0 spiro atoms. The molecule has 2 atom stereocenters.